The number of likely N-dealkylation sites (tertiary alicyclic amines) is 1. The van der Waals surface area contributed by atoms with Crippen molar-refractivity contribution in [3.8, 4) is 0 Å². The molecule has 1 unspecified atom stereocenters. The second kappa shape index (κ2) is 10.1. The molecule has 1 heterocycles. The predicted molar refractivity (Wildman–Crippen MR) is 110 cm³/mol. The summed E-state index contributed by atoms with van der Waals surface area (Å²) in [7, 11) is 0. The highest BCUT2D eigenvalue weighted by molar-refractivity contribution is 6.36. The average molecular weight is 412 g/mol. The van der Waals surface area contributed by atoms with Gasteiger partial charge >= 0.3 is 0 Å². The molecule has 0 aromatic heterocycles. The van der Waals surface area contributed by atoms with Gasteiger partial charge in [-0.05, 0) is 37.0 Å². The van der Waals surface area contributed by atoms with Crippen LogP contribution in [0.25, 0.3) is 0 Å². The van der Waals surface area contributed by atoms with Crippen LogP contribution in [0.15, 0.2) is 30.9 Å². The lowest BCUT2D eigenvalue weighted by Crippen LogP contribution is -2.54. The van der Waals surface area contributed by atoms with Crippen LogP contribution in [0, 0.1) is 5.92 Å². The molecular formula is C20H27Cl2N3O2. The number of benzene rings is 1. The quantitative estimate of drug-likeness (QED) is 0.674. The lowest BCUT2D eigenvalue weighted by Gasteiger charge is -2.33. The van der Waals surface area contributed by atoms with Gasteiger partial charge in [0, 0.05) is 30.7 Å². The number of halogens is 2. The Hall–Kier alpha value is -1.56. The van der Waals surface area contributed by atoms with Crippen molar-refractivity contribution in [3.63, 3.8) is 0 Å². The first-order chi connectivity index (χ1) is 12.8. The van der Waals surface area contributed by atoms with Crippen molar-refractivity contribution in [1.29, 1.82) is 0 Å². The second-order valence-corrected chi connectivity index (χ2v) is 8.04. The Morgan fingerprint density at radius 3 is 2.52 bits per heavy atom. The van der Waals surface area contributed by atoms with Crippen molar-refractivity contribution in [1.82, 2.24) is 15.5 Å². The number of rotatable bonds is 7. The molecule has 0 aliphatic carbocycles. The van der Waals surface area contributed by atoms with E-state index in [4.69, 9.17) is 23.2 Å². The van der Waals surface area contributed by atoms with E-state index in [2.05, 4.69) is 22.1 Å². The molecule has 1 aromatic rings. The summed E-state index contributed by atoms with van der Waals surface area (Å²) < 4.78 is 0. The van der Waals surface area contributed by atoms with Gasteiger partial charge in [-0.2, -0.15) is 0 Å². The van der Waals surface area contributed by atoms with E-state index in [0.29, 0.717) is 10.6 Å². The zero-order valence-corrected chi connectivity index (χ0v) is 17.3. The van der Waals surface area contributed by atoms with E-state index in [1.807, 2.05) is 19.9 Å². The first-order valence-electron chi connectivity index (χ1n) is 9.21. The van der Waals surface area contributed by atoms with Gasteiger partial charge in [0.1, 0.15) is 6.04 Å². The van der Waals surface area contributed by atoms with Gasteiger partial charge in [-0.3, -0.25) is 14.5 Å². The minimum Gasteiger partial charge on any atom is -0.351 e. The van der Waals surface area contributed by atoms with Crippen molar-refractivity contribution >= 4 is 35.0 Å². The number of hydrogen-bond donors (Lipinski definition) is 2. The van der Waals surface area contributed by atoms with Gasteiger partial charge in [0.2, 0.25) is 5.91 Å². The van der Waals surface area contributed by atoms with E-state index in [9.17, 15) is 9.59 Å². The van der Waals surface area contributed by atoms with Crippen LogP contribution in [0.4, 0.5) is 0 Å². The Kier molecular flexibility index (Phi) is 8.14. The van der Waals surface area contributed by atoms with E-state index >= 15 is 0 Å². The zero-order chi connectivity index (χ0) is 20.0. The molecule has 1 aliphatic rings. The van der Waals surface area contributed by atoms with Crippen molar-refractivity contribution in [2.45, 2.75) is 38.8 Å². The molecule has 2 N–H and O–H groups in total. The maximum Gasteiger partial charge on any atom is 0.253 e. The van der Waals surface area contributed by atoms with Crippen LogP contribution in [0.3, 0.4) is 0 Å². The molecule has 1 aromatic carbocycles. The predicted octanol–water partition coefficient (Wildman–Crippen LogP) is 3.51. The SMILES string of the molecule is C=CCN1CCC(NC(=O)C(NC(=O)c2ccc(Cl)cc2Cl)C(C)C)CC1. The van der Waals surface area contributed by atoms with E-state index in [0.717, 1.165) is 32.5 Å². The fraction of sp³-hybridized carbons (Fsp3) is 0.500. The van der Waals surface area contributed by atoms with Crippen LogP contribution in [0.5, 0.6) is 0 Å². The summed E-state index contributed by atoms with van der Waals surface area (Å²) in [4.78, 5) is 27.6. The second-order valence-electron chi connectivity index (χ2n) is 7.19. The summed E-state index contributed by atoms with van der Waals surface area (Å²) >= 11 is 12.0. The van der Waals surface area contributed by atoms with Crippen LogP contribution in [0.1, 0.15) is 37.0 Å². The van der Waals surface area contributed by atoms with E-state index in [1.165, 1.54) is 6.07 Å². The molecule has 0 radical (unpaired) electrons. The summed E-state index contributed by atoms with van der Waals surface area (Å²) in [6, 6.07) is 4.17. The van der Waals surface area contributed by atoms with Crippen molar-refractivity contribution in [3.05, 3.63) is 46.5 Å². The van der Waals surface area contributed by atoms with Gasteiger partial charge in [0.15, 0.2) is 0 Å². The highest BCUT2D eigenvalue weighted by atomic mass is 35.5. The number of hydrogen-bond acceptors (Lipinski definition) is 3. The molecule has 1 saturated heterocycles. The molecule has 5 nitrogen and oxygen atoms in total. The molecular weight excluding hydrogens is 385 g/mol. The molecule has 0 saturated carbocycles. The number of carbonyl (C=O) groups excluding carboxylic acids is 2. The molecule has 7 heteroatoms. The number of nitrogens with zero attached hydrogens (tertiary/aromatic N) is 1. The Morgan fingerprint density at radius 1 is 1.30 bits per heavy atom. The molecule has 1 fully saturated rings. The summed E-state index contributed by atoms with van der Waals surface area (Å²) in [6.07, 6.45) is 3.67. The Balaban J connectivity index is 1.97. The molecule has 27 heavy (non-hydrogen) atoms. The van der Waals surface area contributed by atoms with E-state index in [1.54, 1.807) is 12.1 Å². The number of amides is 2. The lowest BCUT2D eigenvalue weighted by atomic mass is 10.00. The molecule has 0 bridgehead atoms. The monoisotopic (exact) mass is 411 g/mol. The van der Waals surface area contributed by atoms with Crippen molar-refractivity contribution < 1.29 is 9.59 Å². The minimum absolute atomic E-state index is 0.0547. The Labute approximate surface area is 171 Å². The maximum atomic E-state index is 12.8. The number of piperidine rings is 1. The van der Waals surface area contributed by atoms with Crippen LogP contribution >= 0.6 is 23.2 Å². The largest absolute Gasteiger partial charge is 0.351 e. The van der Waals surface area contributed by atoms with Crippen molar-refractivity contribution in [2.24, 2.45) is 5.92 Å². The first-order valence-corrected chi connectivity index (χ1v) is 9.97. The van der Waals surface area contributed by atoms with Crippen LogP contribution in [0.2, 0.25) is 10.0 Å². The van der Waals surface area contributed by atoms with Crippen LogP contribution < -0.4 is 10.6 Å². The third kappa shape index (κ3) is 6.23. The first kappa shape index (κ1) is 21.7. The summed E-state index contributed by atoms with van der Waals surface area (Å²) in [5, 5.41) is 6.61. The fourth-order valence-corrected chi connectivity index (χ4v) is 3.66. The van der Waals surface area contributed by atoms with E-state index < -0.39 is 6.04 Å². The Bertz CT molecular complexity index is 686. The van der Waals surface area contributed by atoms with Gasteiger partial charge in [-0.1, -0.05) is 43.1 Å². The molecule has 2 amide bonds. The van der Waals surface area contributed by atoms with Crippen LogP contribution in [-0.2, 0) is 4.79 Å². The summed E-state index contributed by atoms with van der Waals surface area (Å²) in [6.45, 7) is 10.3. The van der Waals surface area contributed by atoms with Gasteiger partial charge in [0.25, 0.3) is 5.91 Å². The molecule has 2 rings (SSSR count). The summed E-state index contributed by atoms with van der Waals surface area (Å²) in [5.41, 5.74) is 0.303. The van der Waals surface area contributed by atoms with Gasteiger partial charge < -0.3 is 10.6 Å². The fourth-order valence-electron chi connectivity index (χ4n) is 3.16. The third-order valence-corrected chi connectivity index (χ3v) is 5.28. The standard InChI is InChI=1S/C20H27Cl2N3O2/c1-4-9-25-10-7-15(8-11-25)23-20(27)18(13(2)3)24-19(26)16-6-5-14(21)12-17(16)22/h4-6,12-13,15,18H,1,7-11H2,2-3H3,(H,23,27)(H,24,26). The smallest absolute Gasteiger partial charge is 0.253 e. The van der Waals surface area contributed by atoms with E-state index in [-0.39, 0.29) is 28.8 Å². The molecule has 148 valence electrons. The normalized spacial score (nSPS) is 16.8. The number of nitrogens with one attached hydrogen (secondary N) is 2. The number of carbonyl (C=O) groups is 2. The van der Waals surface area contributed by atoms with Gasteiger partial charge in [0.05, 0.1) is 10.6 Å². The highest BCUT2D eigenvalue weighted by Gasteiger charge is 2.28. The van der Waals surface area contributed by atoms with Crippen LogP contribution in [-0.4, -0.2) is 48.4 Å². The minimum atomic E-state index is -0.629. The lowest BCUT2D eigenvalue weighted by molar-refractivity contribution is -0.125. The van der Waals surface area contributed by atoms with Crippen molar-refractivity contribution in [2.75, 3.05) is 19.6 Å². The zero-order valence-electron chi connectivity index (χ0n) is 15.8. The molecule has 1 aliphatic heterocycles. The maximum absolute atomic E-state index is 12.8. The summed E-state index contributed by atoms with van der Waals surface area (Å²) in [5.74, 6) is -0.599. The Morgan fingerprint density at radius 2 is 1.96 bits per heavy atom. The highest BCUT2D eigenvalue weighted by Crippen LogP contribution is 2.21. The average Bonchev–Trinajstić information content (AvgIpc) is 2.61. The molecule has 0 spiro atoms. The topological polar surface area (TPSA) is 61.4 Å². The third-order valence-electron chi connectivity index (χ3n) is 4.73. The molecule has 1 atom stereocenters. The van der Waals surface area contributed by atoms with Gasteiger partial charge in [-0.15, -0.1) is 6.58 Å². The van der Waals surface area contributed by atoms with Gasteiger partial charge in [-0.25, -0.2) is 0 Å².